The van der Waals surface area contributed by atoms with Crippen LogP contribution in [-0.2, 0) is 21.5 Å². The molecule has 2 aromatic rings. The molecule has 0 spiro atoms. The normalized spacial score (nSPS) is 18.2. The first-order valence-corrected chi connectivity index (χ1v) is 14.8. The number of carbonyl (C=O) groups excluding carboxylic acids is 1. The van der Waals surface area contributed by atoms with Crippen LogP contribution in [-0.4, -0.2) is 71.5 Å². The summed E-state index contributed by atoms with van der Waals surface area (Å²) < 4.78 is 12.0. The summed E-state index contributed by atoms with van der Waals surface area (Å²) in [6, 6.07) is 7.99. The third kappa shape index (κ3) is 7.14. The van der Waals surface area contributed by atoms with Gasteiger partial charge in [-0.1, -0.05) is 40.2 Å². The molecule has 1 saturated carbocycles. The van der Waals surface area contributed by atoms with E-state index in [4.69, 9.17) is 25.0 Å². The highest BCUT2D eigenvalue weighted by molar-refractivity contribution is 8.93. The van der Waals surface area contributed by atoms with Gasteiger partial charge in [0.05, 0.1) is 24.9 Å². The van der Waals surface area contributed by atoms with Crippen molar-refractivity contribution in [2.24, 2.45) is 0 Å². The van der Waals surface area contributed by atoms with Crippen LogP contribution in [0.1, 0.15) is 98.6 Å². The van der Waals surface area contributed by atoms with E-state index in [0.29, 0.717) is 55.7 Å². The second-order valence-corrected chi connectivity index (χ2v) is 12.5. The number of ether oxygens (including phenoxy) is 2. The van der Waals surface area contributed by atoms with Gasteiger partial charge in [0.15, 0.2) is 5.78 Å². The van der Waals surface area contributed by atoms with Crippen LogP contribution in [0.2, 0.25) is 0 Å². The summed E-state index contributed by atoms with van der Waals surface area (Å²) in [6.45, 7) is 10.5. The number of nitrogens with zero attached hydrogens (tertiary/aromatic N) is 3. The molecule has 10 heteroatoms. The van der Waals surface area contributed by atoms with E-state index < -0.39 is 5.97 Å². The summed E-state index contributed by atoms with van der Waals surface area (Å²) in [5.74, 6) is 0.554. The smallest absolute Gasteiger partial charge is 0.329 e. The Hall–Kier alpha value is -2.98. The second-order valence-electron chi connectivity index (χ2n) is 12.5. The summed E-state index contributed by atoms with van der Waals surface area (Å²) in [6.07, 6.45) is 4.73. The molecule has 9 nitrogen and oxygen atoms in total. The number of benzene rings is 1. The molecule has 1 aromatic heterocycles. The lowest BCUT2D eigenvalue weighted by Gasteiger charge is -2.30. The highest BCUT2D eigenvalue weighted by Gasteiger charge is 2.34. The van der Waals surface area contributed by atoms with Crippen molar-refractivity contribution in [3.8, 4) is 5.75 Å². The summed E-state index contributed by atoms with van der Waals surface area (Å²) >= 11 is 0. The summed E-state index contributed by atoms with van der Waals surface area (Å²) in [7, 11) is 0. The Kier molecular flexibility index (Phi) is 9.98. The molecule has 1 atom stereocenters. The quantitative estimate of drug-likeness (QED) is 0.223. The van der Waals surface area contributed by atoms with E-state index in [2.05, 4.69) is 44.7 Å². The molecular weight excluding hydrogens is 600 g/mol. The van der Waals surface area contributed by atoms with E-state index in [-0.39, 0.29) is 47.4 Å². The van der Waals surface area contributed by atoms with Crippen molar-refractivity contribution < 1.29 is 24.2 Å². The van der Waals surface area contributed by atoms with Crippen LogP contribution in [0.5, 0.6) is 5.75 Å². The number of carboxylic acid groups (broad SMARTS) is 1. The van der Waals surface area contributed by atoms with Crippen LogP contribution in [0, 0.1) is 5.41 Å². The zero-order chi connectivity index (χ0) is 29.3. The largest absolute Gasteiger partial charge is 0.491 e. The molecule has 0 amide bonds. The van der Waals surface area contributed by atoms with Gasteiger partial charge in [-0.05, 0) is 49.3 Å². The highest BCUT2D eigenvalue weighted by atomic mass is 79.9. The fraction of sp³-hybridized carbons (Fsp3) is 0.562. The number of nitrogens with one attached hydrogen (secondary N) is 1. The third-order valence-electron chi connectivity index (χ3n) is 8.10. The number of fused-ring (bicyclic) bond motifs is 1. The number of aliphatic carboxylic acids is 1. The number of hydrogen-bond acceptors (Lipinski definition) is 7. The zero-order valence-corrected chi connectivity index (χ0v) is 26.8. The van der Waals surface area contributed by atoms with E-state index in [9.17, 15) is 9.59 Å². The number of ketones is 1. The molecule has 228 valence electrons. The molecule has 3 aliphatic rings. The van der Waals surface area contributed by atoms with Crippen LogP contribution in [0.3, 0.4) is 0 Å². The van der Waals surface area contributed by atoms with Gasteiger partial charge in [0.1, 0.15) is 23.9 Å². The van der Waals surface area contributed by atoms with Gasteiger partial charge in [-0.3, -0.25) is 10.2 Å². The minimum absolute atomic E-state index is 0. The average Bonchev–Trinajstić information content (AvgIpc) is 3.59. The van der Waals surface area contributed by atoms with E-state index in [1.54, 1.807) is 0 Å². The second kappa shape index (κ2) is 13.1. The molecule has 0 bridgehead atoms. The molecule has 5 rings (SSSR count). The standard InChI is InChI=1S/C32H42N4O5.BrH/c1-5-6-13-40-30-24(32(2,3)4)14-22(15-26(30)35-12-11-23(17-35)41-19-28(38)39)27(37)18-36-16-21-9-10-25(20-7-8-20)34-29(21)31(36)33;/h9-10,14-15,20,23,33H,5-8,11-13,16-19H2,1-4H3,(H,38,39);1H. The molecule has 0 radical (unpaired) electrons. The van der Waals surface area contributed by atoms with Crippen LogP contribution in [0.25, 0.3) is 0 Å². The topological polar surface area (TPSA) is 116 Å². The van der Waals surface area contributed by atoms with Crippen molar-refractivity contribution >= 4 is 40.3 Å². The number of carbonyl (C=O) groups is 2. The number of halogens is 1. The van der Waals surface area contributed by atoms with Gasteiger partial charge in [0, 0.05) is 47.9 Å². The number of hydrogen-bond donors (Lipinski definition) is 2. The lowest BCUT2D eigenvalue weighted by atomic mass is 9.84. The molecule has 1 aromatic carbocycles. The Labute approximate surface area is 258 Å². The number of carboxylic acids is 1. The Balaban J connectivity index is 0.00000405. The Morgan fingerprint density at radius 3 is 2.60 bits per heavy atom. The van der Waals surface area contributed by atoms with Crippen molar-refractivity contribution in [1.29, 1.82) is 5.41 Å². The molecule has 1 aliphatic carbocycles. The Morgan fingerprint density at radius 2 is 1.93 bits per heavy atom. The predicted octanol–water partition coefficient (Wildman–Crippen LogP) is 5.72. The van der Waals surface area contributed by atoms with Crippen LogP contribution in [0.4, 0.5) is 5.69 Å². The first-order chi connectivity index (χ1) is 19.5. The van der Waals surface area contributed by atoms with Gasteiger partial charge in [0.25, 0.3) is 0 Å². The minimum atomic E-state index is -0.983. The summed E-state index contributed by atoms with van der Waals surface area (Å²) in [4.78, 5) is 33.6. The molecule has 3 heterocycles. The molecule has 1 unspecified atom stereocenters. The van der Waals surface area contributed by atoms with Gasteiger partial charge < -0.3 is 24.4 Å². The van der Waals surface area contributed by atoms with Gasteiger partial charge in [-0.25, -0.2) is 9.78 Å². The number of unbranched alkanes of at least 4 members (excludes halogenated alkanes) is 1. The van der Waals surface area contributed by atoms with Gasteiger partial charge in [-0.15, -0.1) is 17.0 Å². The molecule has 42 heavy (non-hydrogen) atoms. The molecule has 2 aliphatic heterocycles. The number of Topliss-reactive ketones (excluding diaryl/α,β-unsaturated/α-hetero) is 1. The fourth-order valence-electron chi connectivity index (χ4n) is 5.59. The van der Waals surface area contributed by atoms with Gasteiger partial charge in [0.2, 0.25) is 0 Å². The zero-order valence-electron chi connectivity index (χ0n) is 25.1. The lowest BCUT2D eigenvalue weighted by Crippen LogP contribution is -2.31. The monoisotopic (exact) mass is 642 g/mol. The molecule has 1 saturated heterocycles. The Bertz CT molecular complexity index is 1340. The van der Waals surface area contributed by atoms with E-state index in [0.717, 1.165) is 53.9 Å². The average molecular weight is 644 g/mol. The van der Waals surface area contributed by atoms with Crippen LogP contribution >= 0.6 is 17.0 Å². The number of rotatable bonds is 12. The SMILES string of the molecule is Br.CCCCOc1c(N2CCC(OCC(=O)O)C2)cc(C(=O)CN2Cc3ccc(C4CC4)nc3C2=N)cc1C(C)(C)C. The molecular formula is C32H43BrN4O5. The Morgan fingerprint density at radius 1 is 1.17 bits per heavy atom. The van der Waals surface area contributed by atoms with E-state index >= 15 is 0 Å². The van der Waals surface area contributed by atoms with Crippen LogP contribution < -0.4 is 9.64 Å². The maximum atomic E-state index is 13.8. The van der Waals surface area contributed by atoms with Crippen molar-refractivity contribution in [3.05, 3.63) is 52.3 Å². The number of pyridine rings is 1. The van der Waals surface area contributed by atoms with Crippen molar-refractivity contribution in [1.82, 2.24) is 9.88 Å². The van der Waals surface area contributed by atoms with Gasteiger partial charge >= 0.3 is 5.97 Å². The fourth-order valence-corrected chi connectivity index (χ4v) is 5.59. The molecule has 2 N–H and O–H groups in total. The maximum absolute atomic E-state index is 13.8. The number of anilines is 1. The maximum Gasteiger partial charge on any atom is 0.329 e. The predicted molar refractivity (Wildman–Crippen MR) is 168 cm³/mol. The number of amidine groups is 1. The first kappa shape index (κ1) is 31.9. The number of aromatic nitrogens is 1. The summed E-state index contributed by atoms with van der Waals surface area (Å²) in [5.41, 5.74) is 4.84. The van der Waals surface area contributed by atoms with Crippen LogP contribution in [0.15, 0.2) is 24.3 Å². The first-order valence-electron chi connectivity index (χ1n) is 14.8. The van der Waals surface area contributed by atoms with Crippen molar-refractivity contribution in [3.63, 3.8) is 0 Å². The highest BCUT2D eigenvalue weighted by Crippen LogP contribution is 2.42. The van der Waals surface area contributed by atoms with Crippen molar-refractivity contribution in [2.45, 2.75) is 83.8 Å². The van der Waals surface area contributed by atoms with Crippen molar-refractivity contribution in [2.75, 3.05) is 37.7 Å². The van der Waals surface area contributed by atoms with E-state index in [1.165, 1.54) is 0 Å². The lowest BCUT2D eigenvalue weighted by molar-refractivity contribution is -0.143. The van der Waals surface area contributed by atoms with E-state index in [1.807, 2.05) is 17.0 Å². The summed E-state index contributed by atoms with van der Waals surface area (Å²) in [5, 5.41) is 17.8. The third-order valence-corrected chi connectivity index (χ3v) is 8.10. The minimum Gasteiger partial charge on any atom is -0.491 e. The van der Waals surface area contributed by atoms with Gasteiger partial charge in [-0.2, -0.15) is 0 Å². The molecule has 2 fully saturated rings.